The predicted molar refractivity (Wildman–Crippen MR) is 48.5 cm³/mol. The highest BCUT2D eigenvalue weighted by molar-refractivity contribution is 6.31. The summed E-state index contributed by atoms with van der Waals surface area (Å²) in [5, 5.41) is 3.44. The predicted octanol–water partition coefficient (Wildman–Crippen LogP) is 2.90. The van der Waals surface area contributed by atoms with Crippen molar-refractivity contribution in [3.05, 3.63) is 23.1 Å². The van der Waals surface area contributed by atoms with Crippen LogP contribution in [0.5, 0.6) is 0 Å². The van der Waals surface area contributed by atoms with Gasteiger partial charge in [-0.15, -0.1) is 23.2 Å². The SMILES string of the molecule is Cc1onc2c1C(Cl)C(Cl)C=C2. The number of aromatic nitrogens is 1. The fourth-order valence-electron chi connectivity index (χ4n) is 1.29. The monoisotopic (exact) mass is 203 g/mol. The van der Waals surface area contributed by atoms with Crippen LogP contribution in [0, 0.1) is 6.92 Å². The van der Waals surface area contributed by atoms with Crippen molar-refractivity contribution in [1.82, 2.24) is 5.16 Å². The Labute approximate surface area is 80.1 Å². The second kappa shape index (κ2) is 2.79. The molecule has 0 aliphatic heterocycles. The first-order valence-corrected chi connectivity index (χ1v) is 4.50. The Kier molecular flexibility index (Phi) is 1.89. The molecule has 1 aliphatic rings. The second-order valence-corrected chi connectivity index (χ2v) is 3.72. The molecule has 0 bridgehead atoms. The fraction of sp³-hybridized carbons (Fsp3) is 0.375. The van der Waals surface area contributed by atoms with Crippen molar-refractivity contribution < 1.29 is 4.52 Å². The van der Waals surface area contributed by atoms with Gasteiger partial charge < -0.3 is 4.52 Å². The Morgan fingerprint density at radius 2 is 2.25 bits per heavy atom. The zero-order chi connectivity index (χ0) is 8.72. The molecule has 0 amide bonds. The topological polar surface area (TPSA) is 26.0 Å². The Hall–Kier alpha value is -0.470. The van der Waals surface area contributed by atoms with Crippen LogP contribution in [0.3, 0.4) is 0 Å². The van der Waals surface area contributed by atoms with E-state index < -0.39 is 0 Å². The number of alkyl halides is 2. The molecule has 2 atom stereocenters. The summed E-state index contributed by atoms with van der Waals surface area (Å²) in [5.41, 5.74) is 1.71. The molecule has 0 saturated carbocycles. The number of rotatable bonds is 0. The van der Waals surface area contributed by atoms with Gasteiger partial charge >= 0.3 is 0 Å². The number of hydrogen-bond donors (Lipinski definition) is 0. The van der Waals surface area contributed by atoms with E-state index in [-0.39, 0.29) is 10.8 Å². The molecule has 0 spiro atoms. The summed E-state index contributed by atoms with van der Waals surface area (Å²) in [6.45, 7) is 1.84. The van der Waals surface area contributed by atoms with Gasteiger partial charge in [0.15, 0.2) is 0 Å². The van der Waals surface area contributed by atoms with Crippen LogP contribution in [0.1, 0.15) is 22.4 Å². The maximum atomic E-state index is 6.06. The lowest BCUT2D eigenvalue weighted by Gasteiger charge is -2.15. The molecular weight excluding hydrogens is 197 g/mol. The van der Waals surface area contributed by atoms with E-state index in [0.717, 1.165) is 17.0 Å². The van der Waals surface area contributed by atoms with Crippen LogP contribution in [0.15, 0.2) is 10.6 Å². The van der Waals surface area contributed by atoms with Crippen LogP contribution in [0.25, 0.3) is 6.08 Å². The molecule has 0 fully saturated rings. The molecule has 1 aliphatic carbocycles. The van der Waals surface area contributed by atoms with Crippen molar-refractivity contribution in [2.45, 2.75) is 17.7 Å². The van der Waals surface area contributed by atoms with Gasteiger partial charge in [-0.2, -0.15) is 0 Å². The first-order chi connectivity index (χ1) is 5.70. The normalized spacial score (nSPS) is 27.2. The molecule has 64 valence electrons. The molecule has 2 rings (SSSR count). The highest BCUT2D eigenvalue weighted by Gasteiger charge is 2.27. The van der Waals surface area contributed by atoms with Crippen LogP contribution in [-0.2, 0) is 0 Å². The van der Waals surface area contributed by atoms with Gasteiger partial charge in [-0.3, -0.25) is 0 Å². The Morgan fingerprint density at radius 1 is 1.50 bits per heavy atom. The van der Waals surface area contributed by atoms with Crippen molar-refractivity contribution in [1.29, 1.82) is 0 Å². The lowest BCUT2D eigenvalue weighted by atomic mass is 10.0. The van der Waals surface area contributed by atoms with E-state index in [2.05, 4.69) is 5.16 Å². The van der Waals surface area contributed by atoms with Crippen molar-refractivity contribution in [3.8, 4) is 0 Å². The first-order valence-electron chi connectivity index (χ1n) is 3.62. The molecular formula is C8H7Cl2NO. The Balaban J connectivity index is 2.55. The third kappa shape index (κ3) is 1.06. The van der Waals surface area contributed by atoms with E-state index in [0.29, 0.717) is 0 Å². The summed E-state index contributed by atoms with van der Waals surface area (Å²) in [6.07, 6.45) is 3.66. The number of hydrogen-bond acceptors (Lipinski definition) is 2. The van der Waals surface area contributed by atoms with Crippen LogP contribution in [0.2, 0.25) is 0 Å². The number of nitrogens with zero attached hydrogens (tertiary/aromatic N) is 1. The van der Waals surface area contributed by atoms with Crippen LogP contribution in [0.4, 0.5) is 0 Å². The molecule has 2 unspecified atom stereocenters. The van der Waals surface area contributed by atoms with E-state index in [1.807, 2.05) is 19.1 Å². The summed E-state index contributed by atoms with van der Waals surface area (Å²) in [6, 6.07) is 0. The largest absolute Gasteiger partial charge is 0.361 e. The zero-order valence-electron chi connectivity index (χ0n) is 6.42. The maximum Gasteiger partial charge on any atom is 0.139 e. The Bertz CT molecular complexity index is 332. The maximum absolute atomic E-state index is 6.06. The molecule has 0 saturated heterocycles. The molecule has 12 heavy (non-hydrogen) atoms. The van der Waals surface area contributed by atoms with Gasteiger partial charge in [0.05, 0.1) is 10.8 Å². The number of fused-ring (bicyclic) bond motifs is 1. The first kappa shape index (κ1) is 8.14. The lowest BCUT2D eigenvalue weighted by Crippen LogP contribution is -2.09. The van der Waals surface area contributed by atoms with Gasteiger partial charge in [-0.25, -0.2) is 0 Å². The minimum Gasteiger partial charge on any atom is -0.361 e. The number of allylic oxidation sites excluding steroid dienone is 1. The van der Waals surface area contributed by atoms with Crippen molar-refractivity contribution >= 4 is 29.3 Å². The molecule has 1 aromatic rings. The summed E-state index contributed by atoms with van der Waals surface area (Å²) >= 11 is 12.0. The third-order valence-corrected chi connectivity index (χ3v) is 2.95. The second-order valence-electron chi connectivity index (χ2n) is 2.74. The van der Waals surface area contributed by atoms with Crippen LogP contribution < -0.4 is 0 Å². The molecule has 2 nitrogen and oxygen atoms in total. The van der Waals surface area contributed by atoms with Gasteiger partial charge in [0.2, 0.25) is 0 Å². The van der Waals surface area contributed by atoms with Gasteiger partial charge in [0.25, 0.3) is 0 Å². The highest BCUT2D eigenvalue weighted by Crippen LogP contribution is 2.37. The zero-order valence-corrected chi connectivity index (χ0v) is 7.93. The van der Waals surface area contributed by atoms with Gasteiger partial charge in [-0.1, -0.05) is 11.2 Å². The molecule has 1 aromatic heterocycles. The average Bonchev–Trinajstić information content (AvgIpc) is 2.41. The van der Waals surface area contributed by atoms with E-state index in [1.54, 1.807) is 0 Å². The van der Waals surface area contributed by atoms with Gasteiger partial charge in [0, 0.05) is 5.56 Å². The van der Waals surface area contributed by atoms with Crippen molar-refractivity contribution in [3.63, 3.8) is 0 Å². The average molecular weight is 204 g/mol. The minimum atomic E-state index is -0.224. The minimum absolute atomic E-state index is 0.169. The van der Waals surface area contributed by atoms with Crippen molar-refractivity contribution in [2.75, 3.05) is 0 Å². The highest BCUT2D eigenvalue weighted by atomic mass is 35.5. The third-order valence-electron chi connectivity index (χ3n) is 1.93. The van der Waals surface area contributed by atoms with Crippen LogP contribution >= 0.6 is 23.2 Å². The van der Waals surface area contributed by atoms with E-state index in [9.17, 15) is 0 Å². The van der Waals surface area contributed by atoms with Crippen LogP contribution in [-0.4, -0.2) is 10.5 Å². The fourth-order valence-corrected chi connectivity index (χ4v) is 1.84. The smallest absolute Gasteiger partial charge is 0.139 e. The quantitative estimate of drug-likeness (QED) is 0.607. The standard InChI is InChI=1S/C8H7Cl2NO/c1-4-7-6(11-12-4)3-2-5(9)8(7)10/h2-3,5,8H,1H3. The van der Waals surface area contributed by atoms with E-state index in [1.165, 1.54) is 0 Å². The molecule has 0 aromatic carbocycles. The molecule has 1 heterocycles. The summed E-state index contributed by atoms with van der Waals surface area (Å²) < 4.78 is 4.99. The molecule has 0 radical (unpaired) electrons. The summed E-state index contributed by atoms with van der Waals surface area (Å²) in [5.74, 6) is 0.750. The number of aryl methyl sites for hydroxylation is 1. The summed E-state index contributed by atoms with van der Waals surface area (Å²) in [4.78, 5) is 0. The molecule has 0 N–H and O–H groups in total. The van der Waals surface area contributed by atoms with Crippen molar-refractivity contribution in [2.24, 2.45) is 0 Å². The van der Waals surface area contributed by atoms with E-state index >= 15 is 0 Å². The van der Waals surface area contributed by atoms with E-state index in [4.69, 9.17) is 27.7 Å². The van der Waals surface area contributed by atoms with Gasteiger partial charge in [-0.05, 0) is 13.0 Å². The number of halogens is 2. The summed E-state index contributed by atoms with van der Waals surface area (Å²) in [7, 11) is 0. The van der Waals surface area contributed by atoms with Gasteiger partial charge in [0.1, 0.15) is 11.5 Å². The Morgan fingerprint density at radius 3 is 3.00 bits per heavy atom. The molecule has 4 heteroatoms. The lowest BCUT2D eigenvalue weighted by molar-refractivity contribution is 0.395.